The van der Waals surface area contributed by atoms with Crippen molar-refractivity contribution < 1.29 is 0 Å². The molecule has 0 unspecified atom stereocenters. The van der Waals surface area contributed by atoms with Crippen molar-refractivity contribution in [1.82, 2.24) is 30.9 Å². The van der Waals surface area contributed by atoms with Crippen molar-refractivity contribution in [3.8, 4) is 0 Å². The molecule has 6 fully saturated rings. The average Bonchev–Trinajstić information content (AvgIpc) is 3.07. The molecule has 0 amide bonds. The summed E-state index contributed by atoms with van der Waals surface area (Å²) in [6.07, 6.45) is 42.3. The highest BCUT2D eigenvalue weighted by Gasteiger charge is 2.37. The summed E-state index contributed by atoms with van der Waals surface area (Å²) in [6, 6.07) is 4.46. The highest BCUT2D eigenvalue weighted by Crippen LogP contribution is 2.25. The second kappa shape index (κ2) is 20.1. The normalized spacial score (nSPS) is 26.5. The molecule has 0 aromatic rings. The van der Waals surface area contributed by atoms with Gasteiger partial charge in [-0.25, -0.2) is 0 Å². The molecule has 6 aliphatic carbocycles. The largest absolute Gasteiger partial charge is 0.311 e. The van der Waals surface area contributed by atoms with Crippen molar-refractivity contribution in [3.05, 3.63) is 0 Å². The second-order valence-electron chi connectivity index (χ2n) is 17.1. The topological polar surface area (TPSA) is 72.2 Å². The minimum absolute atomic E-state index is 0.0615. The van der Waals surface area contributed by atoms with Gasteiger partial charge in [0.2, 0.25) is 0 Å². The van der Waals surface area contributed by atoms with E-state index in [-0.39, 0.29) is 5.41 Å². The van der Waals surface area contributed by atoms with Crippen molar-refractivity contribution in [2.45, 2.75) is 241 Å². The van der Waals surface area contributed by atoms with Crippen molar-refractivity contribution >= 4 is 18.8 Å². The van der Waals surface area contributed by atoms with E-state index in [0.717, 1.165) is 46.5 Å². The fourth-order valence-corrected chi connectivity index (χ4v) is 15.0. The zero-order chi connectivity index (χ0) is 31.9. The molecule has 6 nitrogen and oxygen atoms in total. The van der Waals surface area contributed by atoms with Gasteiger partial charge < -0.3 is 14.9 Å². The van der Waals surface area contributed by atoms with Crippen molar-refractivity contribution in [3.63, 3.8) is 0 Å². The van der Waals surface area contributed by atoms with Crippen LogP contribution in [0.3, 0.4) is 0 Å². The zero-order valence-electron chi connectivity index (χ0n) is 30.7. The summed E-state index contributed by atoms with van der Waals surface area (Å²) >= 11 is 0. The van der Waals surface area contributed by atoms with Crippen LogP contribution in [0.4, 0.5) is 0 Å². The SMILES string of the molecule is C[Si](NC1CCCCC1)(NC1CCCCC1)NC1CCCCC1.[SiH3]C(NC1CCCCC1)(NC1CCCCC1)NC1CCCCC1. The van der Waals surface area contributed by atoms with Gasteiger partial charge in [0.1, 0.15) is 0 Å². The quantitative estimate of drug-likeness (QED) is 0.0985. The standard InChI is InChI=1S/2C19H39N3Si/c1-23(20-17-11-5-2-6-12-17,21-18-13-7-3-8-14-18)22-19-15-9-4-10-16-19;23-19(20-16-10-4-1-5-11-16,21-17-12-6-2-7-13-17)22-18-14-8-3-9-15-18/h17-22H,2-16H2,1H3;16-18,20-22H,1-15H2,23H3. The summed E-state index contributed by atoms with van der Waals surface area (Å²) in [5.74, 6) is 0. The van der Waals surface area contributed by atoms with E-state index < -0.39 is 8.56 Å². The molecule has 0 aliphatic heterocycles. The molecule has 0 radical (unpaired) electrons. The number of hydrogen-bond acceptors (Lipinski definition) is 6. The Morgan fingerprint density at radius 2 is 0.543 bits per heavy atom. The van der Waals surface area contributed by atoms with E-state index in [0.29, 0.717) is 0 Å². The summed E-state index contributed by atoms with van der Waals surface area (Å²) < 4.78 is 0. The van der Waals surface area contributed by atoms with Gasteiger partial charge in [-0.3, -0.25) is 16.0 Å². The average molecular weight is 675 g/mol. The highest BCUT2D eigenvalue weighted by molar-refractivity contribution is 6.71. The molecule has 46 heavy (non-hydrogen) atoms. The molecule has 8 heteroatoms. The van der Waals surface area contributed by atoms with Crippen LogP contribution >= 0.6 is 0 Å². The maximum atomic E-state index is 4.14. The lowest BCUT2D eigenvalue weighted by Crippen LogP contribution is -2.76. The van der Waals surface area contributed by atoms with Crippen LogP contribution in [0.1, 0.15) is 193 Å². The molecule has 0 saturated heterocycles. The maximum absolute atomic E-state index is 4.14. The Hall–Kier alpha value is 0.194. The van der Waals surface area contributed by atoms with Gasteiger partial charge in [0, 0.05) is 36.3 Å². The Labute approximate surface area is 289 Å². The summed E-state index contributed by atoms with van der Waals surface area (Å²) in [5, 5.41) is 12.2. The molecule has 0 aromatic carbocycles. The molecular weight excluding hydrogens is 597 g/mol. The molecule has 6 saturated carbocycles. The van der Waals surface area contributed by atoms with Crippen LogP contribution in [0.5, 0.6) is 0 Å². The summed E-state index contributed by atoms with van der Waals surface area (Å²) in [7, 11) is -0.626. The Bertz CT molecular complexity index is 628. The van der Waals surface area contributed by atoms with Gasteiger partial charge >= 0.3 is 0 Å². The first kappa shape index (κ1) is 37.4. The Morgan fingerprint density at radius 3 is 0.761 bits per heavy atom. The fraction of sp³-hybridized carbons (Fsp3) is 1.00. The predicted molar refractivity (Wildman–Crippen MR) is 204 cm³/mol. The van der Waals surface area contributed by atoms with Crippen LogP contribution in [0.25, 0.3) is 0 Å². The summed E-state index contributed by atoms with van der Waals surface area (Å²) in [4.78, 5) is 12.4. The Kier molecular flexibility index (Phi) is 16.4. The van der Waals surface area contributed by atoms with E-state index in [4.69, 9.17) is 0 Å². The van der Waals surface area contributed by atoms with Gasteiger partial charge in [-0.1, -0.05) is 116 Å². The van der Waals surface area contributed by atoms with Gasteiger partial charge in [0.25, 0.3) is 8.56 Å². The molecule has 0 spiro atoms. The molecule has 0 aromatic heterocycles. The third kappa shape index (κ3) is 13.5. The molecule has 6 rings (SSSR count). The molecule has 0 atom stereocenters. The first-order valence-electron chi connectivity index (χ1n) is 21.1. The number of rotatable bonds is 12. The first-order valence-corrected chi connectivity index (χ1v) is 24.6. The van der Waals surface area contributed by atoms with E-state index in [2.05, 4.69) is 37.4 Å². The molecule has 268 valence electrons. The zero-order valence-corrected chi connectivity index (χ0v) is 33.7. The van der Waals surface area contributed by atoms with Crippen LogP contribution in [0.2, 0.25) is 6.55 Å². The van der Waals surface area contributed by atoms with Crippen LogP contribution in [0, 0.1) is 0 Å². The predicted octanol–water partition coefficient (Wildman–Crippen LogP) is 7.05. The fourth-order valence-electron chi connectivity index (χ4n) is 10.2. The molecule has 0 heterocycles. The van der Waals surface area contributed by atoms with E-state index in [1.165, 1.54) is 193 Å². The van der Waals surface area contributed by atoms with Gasteiger partial charge in [-0.05, 0) is 83.6 Å². The lowest BCUT2D eigenvalue weighted by atomic mass is 9.93. The number of hydrogen-bond donors (Lipinski definition) is 6. The second-order valence-corrected chi connectivity index (χ2v) is 21.7. The maximum Gasteiger partial charge on any atom is 0.278 e. The van der Waals surface area contributed by atoms with Crippen LogP contribution in [-0.4, -0.2) is 60.5 Å². The molecular formula is C38H78N6Si2. The van der Waals surface area contributed by atoms with Gasteiger partial charge in [0.05, 0.1) is 15.7 Å². The smallest absolute Gasteiger partial charge is 0.278 e. The van der Waals surface area contributed by atoms with Crippen molar-refractivity contribution in [2.24, 2.45) is 0 Å². The van der Waals surface area contributed by atoms with Crippen LogP contribution in [0.15, 0.2) is 0 Å². The lowest BCUT2D eigenvalue weighted by Gasteiger charge is -2.44. The number of nitrogens with one attached hydrogen (secondary N) is 6. The minimum Gasteiger partial charge on any atom is -0.311 e. The van der Waals surface area contributed by atoms with E-state index >= 15 is 0 Å². The highest BCUT2D eigenvalue weighted by atomic mass is 28.4. The molecule has 0 bridgehead atoms. The third-order valence-electron chi connectivity index (χ3n) is 12.6. The Morgan fingerprint density at radius 1 is 0.348 bits per heavy atom. The van der Waals surface area contributed by atoms with Gasteiger partial charge in [-0.15, -0.1) is 0 Å². The van der Waals surface area contributed by atoms with Crippen LogP contribution < -0.4 is 30.9 Å². The molecule has 6 N–H and O–H groups in total. The van der Waals surface area contributed by atoms with Crippen molar-refractivity contribution in [2.75, 3.05) is 0 Å². The molecule has 6 aliphatic rings. The first-order chi connectivity index (χ1) is 22.5. The van der Waals surface area contributed by atoms with E-state index in [9.17, 15) is 0 Å². The third-order valence-corrected chi connectivity index (χ3v) is 16.4. The monoisotopic (exact) mass is 675 g/mol. The Balaban J connectivity index is 0.000000181. The van der Waals surface area contributed by atoms with E-state index in [1.54, 1.807) is 0 Å². The minimum atomic E-state index is -1.76. The van der Waals surface area contributed by atoms with Crippen LogP contribution in [-0.2, 0) is 0 Å². The van der Waals surface area contributed by atoms with E-state index in [1.807, 2.05) is 0 Å². The summed E-state index contributed by atoms with van der Waals surface area (Å²) in [5.41, 5.74) is 0.0615. The lowest BCUT2D eigenvalue weighted by molar-refractivity contribution is 0.173. The van der Waals surface area contributed by atoms with Gasteiger partial charge in [-0.2, -0.15) is 0 Å². The van der Waals surface area contributed by atoms with Crippen molar-refractivity contribution in [1.29, 1.82) is 0 Å². The summed E-state index contributed by atoms with van der Waals surface area (Å²) in [6.45, 7) is 2.52. The van der Waals surface area contributed by atoms with Gasteiger partial charge in [0.15, 0.2) is 0 Å².